The van der Waals surface area contributed by atoms with Gasteiger partial charge in [-0.3, -0.25) is 10.3 Å². The van der Waals surface area contributed by atoms with Gasteiger partial charge in [0.05, 0.1) is 18.9 Å². The van der Waals surface area contributed by atoms with Gasteiger partial charge in [0.2, 0.25) is 0 Å². The molecule has 0 saturated carbocycles. The van der Waals surface area contributed by atoms with Crippen molar-refractivity contribution in [2.24, 2.45) is 5.10 Å². The van der Waals surface area contributed by atoms with Crippen molar-refractivity contribution >= 4 is 23.0 Å². The molecule has 0 amide bonds. The summed E-state index contributed by atoms with van der Waals surface area (Å²) < 4.78 is 5.33. The van der Waals surface area contributed by atoms with Gasteiger partial charge in [0.25, 0.3) is 0 Å². The van der Waals surface area contributed by atoms with Gasteiger partial charge in [0.1, 0.15) is 0 Å². The maximum absolute atomic E-state index is 5.33. The Hall–Kier alpha value is -1.50. The van der Waals surface area contributed by atoms with E-state index in [1.807, 2.05) is 6.92 Å². The lowest BCUT2D eigenvalue weighted by Crippen LogP contribution is -2.42. The molecule has 2 N–H and O–H groups in total. The number of hydrazone groups is 1. The van der Waals surface area contributed by atoms with Crippen LogP contribution >= 0.6 is 12.2 Å². The predicted octanol–water partition coefficient (Wildman–Crippen LogP) is 1.82. The highest BCUT2D eigenvalue weighted by molar-refractivity contribution is 7.80. The fourth-order valence-electron chi connectivity index (χ4n) is 2.51. The Morgan fingerprint density at radius 2 is 2.04 bits per heavy atom. The standard InChI is InChI=1S/C17H26N4OS/c1-13-4-5-14(2)16(12-13)15(3)19-20-17(23)18-6-7-21-8-10-22-11-9-21/h4-5,12H,6-11H2,1-3H3,(H2,18,20,23)/b19-15-. The van der Waals surface area contributed by atoms with Gasteiger partial charge in [-0.05, 0) is 44.6 Å². The Kier molecular flexibility index (Phi) is 6.95. The molecule has 0 spiro atoms. The predicted molar refractivity (Wildman–Crippen MR) is 99.1 cm³/mol. The number of rotatable bonds is 5. The first-order valence-electron chi connectivity index (χ1n) is 8.02. The van der Waals surface area contributed by atoms with E-state index < -0.39 is 0 Å². The summed E-state index contributed by atoms with van der Waals surface area (Å²) in [6.45, 7) is 11.6. The summed E-state index contributed by atoms with van der Waals surface area (Å²) in [5.41, 5.74) is 7.45. The molecule has 0 bridgehead atoms. The molecular formula is C17H26N4OS. The highest BCUT2D eigenvalue weighted by Crippen LogP contribution is 2.11. The van der Waals surface area contributed by atoms with E-state index in [2.05, 4.69) is 52.8 Å². The summed E-state index contributed by atoms with van der Waals surface area (Å²) in [6, 6.07) is 6.37. The van der Waals surface area contributed by atoms with Crippen molar-refractivity contribution in [3.8, 4) is 0 Å². The van der Waals surface area contributed by atoms with Crippen LogP contribution in [0, 0.1) is 13.8 Å². The number of hydrogen-bond acceptors (Lipinski definition) is 4. The van der Waals surface area contributed by atoms with Crippen molar-refractivity contribution in [3.05, 3.63) is 34.9 Å². The Labute approximate surface area is 144 Å². The molecule has 1 saturated heterocycles. The zero-order valence-corrected chi connectivity index (χ0v) is 15.0. The zero-order valence-electron chi connectivity index (χ0n) is 14.2. The molecule has 1 fully saturated rings. The molecule has 23 heavy (non-hydrogen) atoms. The molecule has 0 radical (unpaired) electrons. The summed E-state index contributed by atoms with van der Waals surface area (Å²) in [7, 11) is 0. The molecule has 1 aliphatic heterocycles. The van der Waals surface area contributed by atoms with Crippen LogP contribution in [0.15, 0.2) is 23.3 Å². The van der Waals surface area contributed by atoms with E-state index in [9.17, 15) is 0 Å². The van der Waals surface area contributed by atoms with Gasteiger partial charge in [0, 0.05) is 31.7 Å². The number of hydrogen-bond donors (Lipinski definition) is 2. The minimum atomic E-state index is 0.558. The molecule has 0 aromatic heterocycles. The van der Waals surface area contributed by atoms with E-state index in [-0.39, 0.29) is 0 Å². The Morgan fingerprint density at radius 1 is 1.30 bits per heavy atom. The van der Waals surface area contributed by atoms with Gasteiger partial charge in [-0.2, -0.15) is 5.10 Å². The van der Waals surface area contributed by atoms with E-state index in [1.54, 1.807) is 0 Å². The second-order valence-corrected chi connectivity index (χ2v) is 6.25. The molecule has 5 nitrogen and oxygen atoms in total. The van der Waals surface area contributed by atoms with Crippen molar-refractivity contribution in [2.75, 3.05) is 39.4 Å². The third-order valence-corrected chi connectivity index (χ3v) is 4.16. The summed E-state index contributed by atoms with van der Waals surface area (Å²) in [5, 5.41) is 8.14. The molecule has 6 heteroatoms. The quantitative estimate of drug-likeness (QED) is 0.489. The van der Waals surface area contributed by atoms with Gasteiger partial charge >= 0.3 is 0 Å². The van der Waals surface area contributed by atoms with Crippen LogP contribution in [0.4, 0.5) is 0 Å². The van der Waals surface area contributed by atoms with Crippen molar-refractivity contribution in [2.45, 2.75) is 20.8 Å². The Bertz CT molecular complexity index is 568. The highest BCUT2D eigenvalue weighted by atomic mass is 32.1. The lowest BCUT2D eigenvalue weighted by atomic mass is 10.0. The zero-order chi connectivity index (χ0) is 16.7. The van der Waals surface area contributed by atoms with Crippen LogP contribution in [-0.2, 0) is 4.74 Å². The van der Waals surface area contributed by atoms with E-state index in [0.717, 1.165) is 50.7 Å². The Morgan fingerprint density at radius 3 is 2.78 bits per heavy atom. The van der Waals surface area contributed by atoms with E-state index in [4.69, 9.17) is 17.0 Å². The molecule has 2 rings (SSSR count). The monoisotopic (exact) mass is 334 g/mol. The summed E-state index contributed by atoms with van der Waals surface area (Å²) in [4.78, 5) is 2.36. The van der Waals surface area contributed by atoms with Crippen LogP contribution in [0.2, 0.25) is 0 Å². The average Bonchev–Trinajstić information content (AvgIpc) is 2.56. The SMILES string of the molecule is C/C(=N/NC(=S)NCCN1CCOCC1)c1cc(C)ccc1C. The lowest BCUT2D eigenvalue weighted by Gasteiger charge is -2.26. The Balaban J connectivity index is 1.77. The van der Waals surface area contributed by atoms with E-state index >= 15 is 0 Å². The van der Waals surface area contributed by atoms with Gasteiger partial charge in [-0.15, -0.1) is 0 Å². The summed E-state index contributed by atoms with van der Waals surface area (Å²) >= 11 is 5.28. The first kappa shape index (κ1) is 17.8. The topological polar surface area (TPSA) is 48.9 Å². The number of thiocarbonyl (C=S) groups is 1. The number of nitrogens with one attached hydrogen (secondary N) is 2. The number of ether oxygens (including phenoxy) is 1. The van der Waals surface area contributed by atoms with Crippen molar-refractivity contribution in [1.29, 1.82) is 0 Å². The third kappa shape index (κ3) is 5.89. The number of aryl methyl sites for hydroxylation is 2. The van der Waals surface area contributed by atoms with E-state index in [0.29, 0.717) is 5.11 Å². The van der Waals surface area contributed by atoms with Crippen molar-refractivity contribution in [3.63, 3.8) is 0 Å². The van der Waals surface area contributed by atoms with Crippen molar-refractivity contribution < 1.29 is 4.74 Å². The maximum Gasteiger partial charge on any atom is 0.187 e. The maximum atomic E-state index is 5.33. The fourth-order valence-corrected chi connectivity index (χ4v) is 2.66. The average molecular weight is 334 g/mol. The minimum Gasteiger partial charge on any atom is -0.379 e. The molecule has 1 aromatic carbocycles. The molecule has 0 aliphatic carbocycles. The van der Waals surface area contributed by atoms with Crippen molar-refractivity contribution in [1.82, 2.24) is 15.6 Å². The molecule has 1 aromatic rings. The molecule has 126 valence electrons. The molecular weight excluding hydrogens is 308 g/mol. The van der Waals surface area contributed by atoms with E-state index in [1.165, 1.54) is 11.1 Å². The first-order valence-corrected chi connectivity index (χ1v) is 8.43. The van der Waals surface area contributed by atoms with Gasteiger partial charge in [-0.25, -0.2) is 0 Å². The van der Waals surface area contributed by atoms with Gasteiger partial charge in [-0.1, -0.05) is 17.7 Å². The van der Waals surface area contributed by atoms with Crippen LogP contribution in [0.1, 0.15) is 23.6 Å². The van der Waals surface area contributed by atoms with Crippen LogP contribution in [0.3, 0.4) is 0 Å². The molecule has 1 aliphatic rings. The van der Waals surface area contributed by atoms with Gasteiger partial charge in [0.15, 0.2) is 5.11 Å². The van der Waals surface area contributed by atoms with Crippen LogP contribution in [0.25, 0.3) is 0 Å². The lowest BCUT2D eigenvalue weighted by molar-refractivity contribution is 0.0389. The minimum absolute atomic E-state index is 0.558. The van der Waals surface area contributed by atoms with Gasteiger partial charge < -0.3 is 10.1 Å². The number of benzene rings is 1. The molecule has 0 atom stereocenters. The number of nitrogens with zero attached hydrogens (tertiary/aromatic N) is 2. The first-order chi connectivity index (χ1) is 11.1. The largest absolute Gasteiger partial charge is 0.379 e. The second-order valence-electron chi connectivity index (χ2n) is 5.84. The normalized spacial score (nSPS) is 16.2. The summed E-state index contributed by atoms with van der Waals surface area (Å²) in [5.74, 6) is 0. The summed E-state index contributed by atoms with van der Waals surface area (Å²) in [6.07, 6.45) is 0. The smallest absolute Gasteiger partial charge is 0.187 e. The fraction of sp³-hybridized carbons (Fsp3) is 0.529. The van der Waals surface area contributed by atoms with Crippen LogP contribution in [-0.4, -0.2) is 55.1 Å². The highest BCUT2D eigenvalue weighted by Gasteiger charge is 2.09. The molecule has 0 unspecified atom stereocenters. The van der Waals surface area contributed by atoms with Crippen LogP contribution in [0.5, 0.6) is 0 Å². The third-order valence-electron chi connectivity index (χ3n) is 3.93. The number of morpholine rings is 1. The second kappa shape index (κ2) is 8.96. The van der Waals surface area contributed by atoms with Crippen LogP contribution < -0.4 is 10.7 Å². The molecule has 1 heterocycles.